The normalized spacial score (nSPS) is 15.5. The third kappa shape index (κ3) is 5.86. The van der Waals surface area contributed by atoms with Gasteiger partial charge >= 0.3 is 6.18 Å². The van der Waals surface area contributed by atoms with Crippen molar-refractivity contribution in [1.82, 2.24) is 14.9 Å². The number of amides is 2. The molecule has 3 N–H and O–H groups in total. The molecule has 1 aliphatic heterocycles. The molecule has 4 aromatic rings. The molecule has 1 atom stereocenters. The SMILES string of the molecule is Cc1c(Cl)cccc1NC(=O)c1cc(NC(=O)c2ccccc2C(F)(F)F)cc2[nH]c(N3CC[C@H](N(C)C)C3)nc12. The molecule has 8 nitrogen and oxygen atoms in total. The molecule has 1 fully saturated rings. The quantitative estimate of drug-likeness (QED) is 0.251. The minimum Gasteiger partial charge on any atom is -0.341 e. The second-order valence-electron chi connectivity index (χ2n) is 10.2. The van der Waals surface area contributed by atoms with E-state index in [9.17, 15) is 22.8 Å². The summed E-state index contributed by atoms with van der Waals surface area (Å²) in [4.78, 5) is 38.8. The van der Waals surface area contributed by atoms with Crippen molar-refractivity contribution in [3.63, 3.8) is 0 Å². The summed E-state index contributed by atoms with van der Waals surface area (Å²) in [6.07, 6.45) is -3.78. The van der Waals surface area contributed by atoms with Crippen LogP contribution in [0.2, 0.25) is 5.02 Å². The lowest BCUT2D eigenvalue weighted by atomic mass is 10.1. The Hall–Kier alpha value is -4.09. The predicted molar refractivity (Wildman–Crippen MR) is 154 cm³/mol. The van der Waals surface area contributed by atoms with Gasteiger partial charge in [-0.2, -0.15) is 13.2 Å². The Morgan fingerprint density at radius 1 is 1.05 bits per heavy atom. The van der Waals surface area contributed by atoms with Crippen LogP contribution in [0.4, 0.5) is 30.5 Å². The zero-order valence-electron chi connectivity index (χ0n) is 22.6. The number of nitrogens with one attached hydrogen (secondary N) is 3. The van der Waals surface area contributed by atoms with E-state index in [4.69, 9.17) is 16.6 Å². The van der Waals surface area contributed by atoms with E-state index < -0.39 is 29.1 Å². The highest BCUT2D eigenvalue weighted by atomic mass is 35.5. The fourth-order valence-corrected chi connectivity index (χ4v) is 5.09. The van der Waals surface area contributed by atoms with E-state index in [0.717, 1.165) is 31.6 Å². The number of alkyl halides is 3. The van der Waals surface area contributed by atoms with Gasteiger partial charge in [-0.1, -0.05) is 29.8 Å². The fourth-order valence-electron chi connectivity index (χ4n) is 4.91. The highest BCUT2D eigenvalue weighted by Crippen LogP contribution is 2.33. The van der Waals surface area contributed by atoms with E-state index in [1.165, 1.54) is 18.2 Å². The maximum atomic E-state index is 13.6. The molecular formula is C29H28ClF3N6O2. The molecule has 41 heavy (non-hydrogen) atoms. The summed E-state index contributed by atoms with van der Waals surface area (Å²) in [6, 6.07) is 12.9. The number of aromatic nitrogens is 2. The van der Waals surface area contributed by atoms with Gasteiger partial charge < -0.3 is 25.4 Å². The van der Waals surface area contributed by atoms with Crippen molar-refractivity contribution in [1.29, 1.82) is 0 Å². The fraction of sp³-hybridized carbons (Fsp3) is 0.276. The molecule has 12 heteroatoms. The van der Waals surface area contributed by atoms with Gasteiger partial charge in [-0.3, -0.25) is 9.59 Å². The van der Waals surface area contributed by atoms with E-state index >= 15 is 0 Å². The maximum Gasteiger partial charge on any atom is 0.417 e. The summed E-state index contributed by atoms with van der Waals surface area (Å²) in [5.41, 5.74) is 0.651. The lowest BCUT2D eigenvalue weighted by Gasteiger charge is -2.19. The van der Waals surface area contributed by atoms with Crippen LogP contribution < -0.4 is 15.5 Å². The number of anilines is 3. The number of hydrogen-bond acceptors (Lipinski definition) is 5. The van der Waals surface area contributed by atoms with Crippen molar-refractivity contribution in [2.24, 2.45) is 0 Å². The van der Waals surface area contributed by atoms with Crippen LogP contribution in [0.3, 0.4) is 0 Å². The third-order valence-corrected chi connectivity index (χ3v) is 7.67. The first-order valence-electron chi connectivity index (χ1n) is 12.9. The Morgan fingerprint density at radius 3 is 2.49 bits per heavy atom. The van der Waals surface area contributed by atoms with Crippen molar-refractivity contribution in [3.05, 3.63) is 81.9 Å². The first kappa shape index (κ1) is 28.4. The second-order valence-corrected chi connectivity index (χ2v) is 10.6. The van der Waals surface area contributed by atoms with Crippen molar-refractivity contribution in [2.45, 2.75) is 25.6 Å². The Morgan fingerprint density at radius 2 is 1.78 bits per heavy atom. The predicted octanol–water partition coefficient (Wildman–Crippen LogP) is 6.19. The smallest absolute Gasteiger partial charge is 0.341 e. The molecule has 0 radical (unpaired) electrons. The third-order valence-electron chi connectivity index (χ3n) is 7.26. The molecule has 3 aromatic carbocycles. The molecule has 0 saturated carbocycles. The molecule has 1 aromatic heterocycles. The van der Waals surface area contributed by atoms with Crippen LogP contribution >= 0.6 is 11.6 Å². The first-order chi connectivity index (χ1) is 19.4. The van der Waals surface area contributed by atoms with Gasteiger partial charge in [0.05, 0.1) is 22.2 Å². The molecule has 1 aliphatic rings. The van der Waals surface area contributed by atoms with E-state index in [1.54, 1.807) is 31.2 Å². The molecule has 1 saturated heterocycles. The average Bonchev–Trinajstić information content (AvgIpc) is 3.58. The van der Waals surface area contributed by atoms with E-state index in [0.29, 0.717) is 39.3 Å². The molecule has 0 aliphatic carbocycles. The number of benzene rings is 3. The topological polar surface area (TPSA) is 93.4 Å². The van der Waals surface area contributed by atoms with Crippen LogP contribution in [0.15, 0.2) is 54.6 Å². The van der Waals surface area contributed by atoms with E-state index in [-0.39, 0.29) is 11.3 Å². The monoisotopic (exact) mass is 584 g/mol. The summed E-state index contributed by atoms with van der Waals surface area (Å²) < 4.78 is 40.7. The standard InChI is InChI=1S/C29H28ClF3N6O2/c1-16-22(30)9-6-10-23(16)35-27(41)20-13-17(34-26(40)19-7-4-5-8-21(19)29(31,32)33)14-24-25(20)37-28(36-24)39-12-11-18(15-39)38(2)3/h4-10,13-14,18H,11-12,15H2,1-3H3,(H,34,40)(H,35,41)(H,36,37)/t18-/m0/s1. The summed E-state index contributed by atoms with van der Waals surface area (Å²) in [5, 5.41) is 5.85. The molecule has 2 heterocycles. The van der Waals surface area contributed by atoms with Crippen LogP contribution in [0.1, 0.15) is 38.3 Å². The van der Waals surface area contributed by atoms with Crippen LogP contribution in [0.25, 0.3) is 11.0 Å². The minimum absolute atomic E-state index is 0.132. The van der Waals surface area contributed by atoms with Gasteiger partial charge in [-0.15, -0.1) is 0 Å². The number of rotatable bonds is 6. The van der Waals surface area contributed by atoms with Crippen molar-refractivity contribution in [2.75, 3.05) is 42.7 Å². The van der Waals surface area contributed by atoms with Gasteiger partial charge in [-0.05, 0) is 69.4 Å². The summed E-state index contributed by atoms with van der Waals surface area (Å²) >= 11 is 6.23. The summed E-state index contributed by atoms with van der Waals surface area (Å²) in [5.74, 6) is -0.913. The zero-order valence-corrected chi connectivity index (χ0v) is 23.3. The van der Waals surface area contributed by atoms with Crippen molar-refractivity contribution < 1.29 is 22.8 Å². The highest BCUT2D eigenvalue weighted by molar-refractivity contribution is 6.31. The Balaban J connectivity index is 1.54. The number of nitrogens with zero attached hydrogens (tertiary/aromatic N) is 3. The molecule has 2 amide bonds. The van der Waals surface area contributed by atoms with E-state index in [2.05, 4.69) is 25.4 Å². The molecular weight excluding hydrogens is 557 g/mol. The number of likely N-dealkylation sites (N-methyl/N-ethyl adjacent to an activating group) is 1. The number of hydrogen-bond donors (Lipinski definition) is 3. The molecule has 0 unspecified atom stereocenters. The van der Waals surface area contributed by atoms with Gasteiger partial charge in [0.1, 0.15) is 5.52 Å². The highest BCUT2D eigenvalue weighted by Gasteiger charge is 2.35. The van der Waals surface area contributed by atoms with Crippen molar-refractivity contribution in [3.8, 4) is 0 Å². The summed E-state index contributed by atoms with van der Waals surface area (Å²) in [6.45, 7) is 3.25. The molecule has 5 rings (SSSR count). The average molecular weight is 585 g/mol. The van der Waals surface area contributed by atoms with Gasteiger partial charge in [0.2, 0.25) is 5.95 Å². The number of fused-ring (bicyclic) bond motifs is 1. The van der Waals surface area contributed by atoms with E-state index in [1.807, 2.05) is 14.1 Å². The van der Waals surface area contributed by atoms with Crippen molar-refractivity contribution >= 4 is 51.8 Å². The molecule has 0 spiro atoms. The number of imidazole rings is 1. The number of H-pyrrole nitrogens is 1. The maximum absolute atomic E-state index is 13.6. The van der Waals surface area contributed by atoms with Gasteiger partial charge in [0.15, 0.2) is 0 Å². The lowest BCUT2D eigenvalue weighted by molar-refractivity contribution is -0.137. The zero-order chi connectivity index (χ0) is 29.5. The Bertz CT molecular complexity index is 1630. The Labute approximate surface area is 239 Å². The number of carbonyl (C=O) groups excluding carboxylic acids is 2. The number of carbonyl (C=O) groups is 2. The Kier molecular flexibility index (Phi) is 7.67. The van der Waals surface area contributed by atoms with Crippen LogP contribution in [-0.2, 0) is 6.18 Å². The van der Waals surface area contributed by atoms with Crippen LogP contribution in [0, 0.1) is 6.92 Å². The minimum atomic E-state index is -4.71. The first-order valence-corrected chi connectivity index (χ1v) is 13.3. The van der Waals surface area contributed by atoms with Gasteiger partial charge in [0.25, 0.3) is 11.8 Å². The second kappa shape index (κ2) is 11.1. The number of aromatic amines is 1. The van der Waals surface area contributed by atoms with Crippen LogP contribution in [0.5, 0.6) is 0 Å². The molecule has 214 valence electrons. The number of halogens is 4. The summed E-state index contributed by atoms with van der Waals surface area (Å²) in [7, 11) is 4.03. The lowest BCUT2D eigenvalue weighted by Crippen LogP contribution is -2.31. The van der Waals surface area contributed by atoms with Gasteiger partial charge in [0, 0.05) is 35.5 Å². The van der Waals surface area contributed by atoms with Crippen LogP contribution in [-0.4, -0.2) is 59.9 Å². The molecule has 0 bridgehead atoms. The largest absolute Gasteiger partial charge is 0.417 e. The van der Waals surface area contributed by atoms with Gasteiger partial charge in [-0.25, -0.2) is 4.98 Å².